The van der Waals surface area contributed by atoms with Crippen LogP contribution >= 0.6 is 0 Å². The van der Waals surface area contributed by atoms with Gasteiger partial charge in [0.05, 0.1) is 0 Å². The van der Waals surface area contributed by atoms with Crippen LogP contribution < -0.4 is 0 Å². The lowest BCUT2D eigenvalue weighted by molar-refractivity contribution is 0.133. The molecule has 64 valence electrons. The average Bonchev–Trinajstić information content (AvgIpc) is 1.89. The second-order valence-electron chi connectivity index (χ2n) is 2.87. The van der Waals surface area contributed by atoms with Crippen molar-refractivity contribution < 1.29 is 4.39 Å². The lowest BCUT2D eigenvalue weighted by atomic mass is 9.93. The summed E-state index contributed by atoms with van der Waals surface area (Å²) < 4.78 is 12.8. The number of halogens is 1. The van der Waals surface area contributed by atoms with Crippen LogP contribution in [0.4, 0.5) is 4.39 Å². The molecule has 0 N–H and O–H groups in total. The SMILES string of the molecule is CC.CCC(C)C(C)(C)F. The Labute approximate surface area is 64.8 Å². The van der Waals surface area contributed by atoms with E-state index in [0.717, 1.165) is 6.42 Å². The van der Waals surface area contributed by atoms with Crippen molar-refractivity contribution >= 4 is 0 Å². The highest BCUT2D eigenvalue weighted by Crippen LogP contribution is 2.22. The molecule has 0 saturated carbocycles. The van der Waals surface area contributed by atoms with Gasteiger partial charge in [-0.05, 0) is 19.8 Å². The van der Waals surface area contributed by atoms with Gasteiger partial charge in [-0.3, -0.25) is 0 Å². The van der Waals surface area contributed by atoms with Crippen LogP contribution in [-0.2, 0) is 0 Å². The van der Waals surface area contributed by atoms with E-state index in [1.54, 1.807) is 13.8 Å². The Morgan fingerprint density at radius 1 is 1.30 bits per heavy atom. The van der Waals surface area contributed by atoms with Gasteiger partial charge in [0.1, 0.15) is 5.67 Å². The van der Waals surface area contributed by atoms with Gasteiger partial charge in [-0.2, -0.15) is 0 Å². The fourth-order valence-electron chi connectivity index (χ4n) is 0.485. The fourth-order valence-corrected chi connectivity index (χ4v) is 0.485. The molecule has 0 spiro atoms. The molecule has 0 bridgehead atoms. The van der Waals surface area contributed by atoms with Gasteiger partial charge in [0, 0.05) is 0 Å². The van der Waals surface area contributed by atoms with Crippen molar-refractivity contribution in [2.45, 2.75) is 53.6 Å². The van der Waals surface area contributed by atoms with Gasteiger partial charge in [-0.25, -0.2) is 4.39 Å². The summed E-state index contributed by atoms with van der Waals surface area (Å²) in [6, 6.07) is 0. The molecule has 0 nitrogen and oxygen atoms in total. The summed E-state index contributed by atoms with van der Waals surface area (Å²) in [5.74, 6) is 0.183. The molecule has 0 fully saturated rings. The summed E-state index contributed by atoms with van der Waals surface area (Å²) in [6.07, 6.45) is 0.920. The third-order valence-corrected chi connectivity index (χ3v) is 1.78. The van der Waals surface area contributed by atoms with Crippen molar-refractivity contribution in [2.75, 3.05) is 0 Å². The van der Waals surface area contributed by atoms with Gasteiger partial charge in [0.15, 0.2) is 0 Å². The Hall–Kier alpha value is -0.0700. The highest BCUT2D eigenvalue weighted by atomic mass is 19.1. The van der Waals surface area contributed by atoms with E-state index >= 15 is 0 Å². The number of hydrogen-bond donors (Lipinski definition) is 0. The normalized spacial score (nSPS) is 13.5. The van der Waals surface area contributed by atoms with Gasteiger partial charge in [0.2, 0.25) is 0 Å². The summed E-state index contributed by atoms with van der Waals surface area (Å²) in [5.41, 5.74) is -0.991. The zero-order valence-corrected chi connectivity index (χ0v) is 8.16. The van der Waals surface area contributed by atoms with Crippen LogP contribution in [0, 0.1) is 5.92 Å². The third-order valence-electron chi connectivity index (χ3n) is 1.78. The maximum absolute atomic E-state index is 12.8. The van der Waals surface area contributed by atoms with Crippen LogP contribution in [0.3, 0.4) is 0 Å². The average molecular weight is 148 g/mol. The van der Waals surface area contributed by atoms with E-state index in [4.69, 9.17) is 0 Å². The van der Waals surface area contributed by atoms with Gasteiger partial charge in [-0.15, -0.1) is 0 Å². The quantitative estimate of drug-likeness (QED) is 0.558. The standard InChI is InChI=1S/C7H15F.C2H6/c1-5-6(2)7(3,4)8;1-2/h6H,5H2,1-4H3;1-2H3. The Morgan fingerprint density at radius 2 is 1.60 bits per heavy atom. The summed E-state index contributed by atoms with van der Waals surface area (Å²) in [7, 11) is 0. The van der Waals surface area contributed by atoms with E-state index in [9.17, 15) is 4.39 Å². The lowest BCUT2D eigenvalue weighted by Gasteiger charge is -2.20. The topological polar surface area (TPSA) is 0 Å². The van der Waals surface area contributed by atoms with Gasteiger partial charge in [-0.1, -0.05) is 34.1 Å². The van der Waals surface area contributed by atoms with Gasteiger partial charge in [0.25, 0.3) is 0 Å². The van der Waals surface area contributed by atoms with Crippen molar-refractivity contribution in [3.05, 3.63) is 0 Å². The van der Waals surface area contributed by atoms with Crippen molar-refractivity contribution in [1.82, 2.24) is 0 Å². The summed E-state index contributed by atoms with van der Waals surface area (Å²) in [6.45, 7) is 11.2. The van der Waals surface area contributed by atoms with E-state index in [1.165, 1.54) is 0 Å². The minimum absolute atomic E-state index is 0.183. The molecule has 10 heavy (non-hydrogen) atoms. The van der Waals surface area contributed by atoms with Crippen LogP contribution in [0.1, 0.15) is 48.0 Å². The number of hydrogen-bond acceptors (Lipinski definition) is 0. The summed E-state index contributed by atoms with van der Waals surface area (Å²) in [4.78, 5) is 0. The molecule has 0 heterocycles. The molecule has 0 saturated heterocycles. The molecule has 0 aromatic heterocycles. The zero-order chi connectivity index (χ0) is 8.78. The lowest BCUT2D eigenvalue weighted by Crippen LogP contribution is -2.21. The smallest absolute Gasteiger partial charge is 0.108 e. The molecule has 1 heteroatoms. The Bertz CT molecular complexity index is 61.6. The van der Waals surface area contributed by atoms with Crippen LogP contribution in [0.15, 0.2) is 0 Å². The molecule has 0 aliphatic heterocycles. The molecule has 1 unspecified atom stereocenters. The van der Waals surface area contributed by atoms with Crippen LogP contribution in [0.25, 0.3) is 0 Å². The van der Waals surface area contributed by atoms with Crippen LogP contribution in [-0.4, -0.2) is 5.67 Å². The molecule has 0 rings (SSSR count). The molecular formula is C9H21F. The maximum Gasteiger partial charge on any atom is 0.108 e. The second kappa shape index (κ2) is 5.70. The number of rotatable bonds is 2. The predicted octanol–water partition coefficient (Wildman–Crippen LogP) is 3.81. The molecule has 0 radical (unpaired) electrons. The summed E-state index contributed by atoms with van der Waals surface area (Å²) >= 11 is 0. The monoisotopic (exact) mass is 148 g/mol. The first-order valence-electron chi connectivity index (χ1n) is 4.17. The maximum atomic E-state index is 12.8. The van der Waals surface area contributed by atoms with E-state index < -0.39 is 5.67 Å². The molecule has 0 aromatic carbocycles. The summed E-state index contributed by atoms with van der Waals surface area (Å²) in [5, 5.41) is 0. The van der Waals surface area contributed by atoms with Crippen LogP contribution in [0.2, 0.25) is 0 Å². The van der Waals surface area contributed by atoms with Crippen LogP contribution in [0.5, 0.6) is 0 Å². The van der Waals surface area contributed by atoms with Crippen molar-refractivity contribution in [1.29, 1.82) is 0 Å². The first-order chi connectivity index (χ1) is 4.48. The van der Waals surface area contributed by atoms with E-state index in [1.807, 2.05) is 27.7 Å². The van der Waals surface area contributed by atoms with Gasteiger partial charge >= 0.3 is 0 Å². The molecular weight excluding hydrogens is 127 g/mol. The molecule has 0 aromatic rings. The Balaban J connectivity index is 0. The first kappa shape index (κ1) is 12.6. The highest BCUT2D eigenvalue weighted by Gasteiger charge is 2.22. The molecule has 0 amide bonds. The van der Waals surface area contributed by atoms with Crippen molar-refractivity contribution in [3.8, 4) is 0 Å². The van der Waals surface area contributed by atoms with E-state index in [0.29, 0.717) is 0 Å². The number of alkyl halides is 1. The fraction of sp³-hybridized carbons (Fsp3) is 1.00. The Morgan fingerprint density at radius 3 is 1.60 bits per heavy atom. The molecule has 0 aliphatic rings. The van der Waals surface area contributed by atoms with E-state index in [-0.39, 0.29) is 5.92 Å². The highest BCUT2D eigenvalue weighted by molar-refractivity contribution is 4.71. The van der Waals surface area contributed by atoms with Crippen molar-refractivity contribution in [3.63, 3.8) is 0 Å². The Kier molecular flexibility index (Phi) is 7.17. The first-order valence-corrected chi connectivity index (χ1v) is 4.17. The molecule has 1 atom stereocenters. The minimum atomic E-state index is -0.991. The predicted molar refractivity (Wildman–Crippen MR) is 46.0 cm³/mol. The third kappa shape index (κ3) is 6.06. The van der Waals surface area contributed by atoms with Crippen molar-refractivity contribution in [2.24, 2.45) is 5.92 Å². The minimum Gasteiger partial charge on any atom is -0.244 e. The largest absolute Gasteiger partial charge is 0.244 e. The van der Waals surface area contributed by atoms with E-state index in [2.05, 4.69) is 0 Å². The second-order valence-corrected chi connectivity index (χ2v) is 2.87. The molecule has 0 aliphatic carbocycles. The van der Waals surface area contributed by atoms with Gasteiger partial charge < -0.3 is 0 Å². The zero-order valence-electron chi connectivity index (χ0n) is 8.16.